The van der Waals surface area contributed by atoms with Crippen molar-refractivity contribution in [2.75, 3.05) is 26.1 Å². The number of ether oxygens (including phenoxy) is 3. The highest BCUT2D eigenvalue weighted by Crippen LogP contribution is 2.33. The van der Waals surface area contributed by atoms with Crippen LogP contribution in [0.4, 0.5) is 5.69 Å². The summed E-state index contributed by atoms with van der Waals surface area (Å²) in [5, 5.41) is 2.82. The number of sulfonamides is 1. The van der Waals surface area contributed by atoms with Gasteiger partial charge in [0.1, 0.15) is 11.5 Å². The molecule has 37 heavy (non-hydrogen) atoms. The van der Waals surface area contributed by atoms with Gasteiger partial charge >= 0.3 is 0 Å². The van der Waals surface area contributed by atoms with Gasteiger partial charge in [-0.2, -0.15) is 4.31 Å². The number of methoxy groups -OCH3 is 2. The zero-order valence-corrected chi connectivity index (χ0v) is 21.9. The molecule has 0 saturated heterocycles. The second-order valence-electron chi connectivity index (χ2n) is 8.85. The Hall–Kier alpha value is -3.56. The van der Waals surface area contributed by atoms with E-state index in [1.54, 1.807) is 30.3 Å². The van der Waals surface area contributed by atoms with E-state index in [2.05, 4.69) is 5.32 Å². The van der Waals surface area contributed by atoms with E-state index >= 15 is 0 Å². The van der Waals surface area contributed by atoms with E-state index in [1.807, 2.05) is 30.3 Å². The molecule has 1 aliphatic rings. The highest BCUT2D eigenvalue weighted by Gasteiger charge is 2.34. The third-order valence-electron chi connectivity index (χ3n) is 6.36. The summed E-state index contributed by atoms with van der Waals surface area (Å²) >= 11 is 0. The number of nitrogens with one attached hydrogen (secondary N) is 1. The van der Waals surface area contributed by atoms with Crippen LogP contribution in [0.2, 0.25) is 0 Å². The lowest BCUT2D eigenvalue weighted by molar-refractivity contribution is -0.116. The molecule has 1 amide bonds. The lowest BCUT2D eigenvalue weighted by atomic mass is 9.95. The van der Waals surface area contributed by atoms with Gasteiger partial charge in [-0.05, 0) is 61.4 Å². The molecule has 1 aliphatic carbocycles. The Morgan fingerprint density at radius 2 is 1.51 bits per heavy atom. The highest BCUT2D eigenvalue weighted by molar-refractivity contribution is 7.89. The van der Waals surface area contributed by atoms with E-state index in [4.69, 9.17) is 14.2 Å². The molecule has 9 heteroatoms. The minimum atomic E-state index is -3.97. The van der Waals surface area contributed by atoms with Gasteiger partial charge in [-0.25, -0.2) is 8.42 Å². The van der Waals surface area contributed by atoms with Crippen LogP contribution in [0.25, 0.3) is 0 Å². The van der Waals surface area contributed by atoms with E-state index in [-0.39, 0.29) is 17.5 Å². The average Bonchev–Trinajstić information content (AvgIpc) is 2.93. The number of rotatable bonds is 10. The van der Waals surface area contributed by atoms with Crippen molar-refractivity contribution >= 4 is 21.6 Å². The number of hydrogen-bond donors (Lipinski definition) is 1. The standard InChI is InChI=1S/C28H32N2O6S/c1-34-26-18-17-25(19-27(26)35-2)37(32,33)30(22-9-5-3-6-10-22)20-28(31)29-21-13-15-24(16-14-21)36-23-11-7-4-8-12-23/h4,7-8,11-19,22H,3,5-6,9-10,20H2,1-2H3,(H,29,31). The Morgan fingerprint density at radius 1 is 0.865 bits per heavy atom. The molecular formula is C28H32N2O6S. The summed E-state index contributed by atoms with van der Waals surface area (Å²) in [5.74, 6) is 1.68. The van der Waals surface area contributed by atoms with Gasteiger partial charge in [0.15, 0.2) is 11.5 Å². The van der Waals surface area contributed by atoms with E-state index in [0.717, 1.165) is 19.3 Å². The monoisotopic (exact) mass is 524 g/mol. The summed E-state index contributed by atoms with van der Waals surface area (Å²) in [6, 6.07) is 20.6. The van der Waals surface area contributed by atoms with Crippen molar-refractivity contribution in [3.63, 3.8) is 0 Å². The first-order valence-electron chi connectivity index (χ1n) is 12.3. The molecule has 0 radical (unpaired) electrons. The van der Waals surface area contributed by atoms with Gasteiger partial charge in [0.2, 0.25) is 15.9 Å². The highest BCUT2D eigenvalue weighted by atomic mass is 32.2. The largest absolute Gasteiger partial charge is 0.493 e. The number of anilines is 1. The first-order valence-corrected chi connectivity index (χ1v) is 13.7. The molecular weight excluding hydrogens is 492 g/mol. The first kappa shape index (κ1) is 26.5. The van der Waals surface area contributed by atoms with Gasteiger partial charge in [0, 0.05) is 17.8 Å². The fraction of sp³-hybridized carbons (Fsp3) is 0.321. The third kappa shape index (κ3) is 6.61. The fourth-order valence-corrected chi connectivity index (χ4v) is 6.12. The van der Waals surface area contributed by atoms with Crippen LogP contribution in [0.15, 0.2) is 77.7 Å². The van der Waals surface area contributed by atoms with Crippen molar-refractivity contribution in [1.29, 1.82) is 0 Å². The van der Waals surface area contributed by atoms with E-state index in [9.17, 15) is 13.2 Å². The van der Waals surface area contributed by atoms with Gasteiger partial charge in [0.25, 0.3) is 0 Å². The number of amides is 1. The van der Waals surface area contributed by atoms with Crippen molar-refractivity contribution in [2.24, 2.45) is 0 Å². The number of nitrogens with zero attached hydrogens (tertiary/aromatic N) is 1. The van der Waals surface area contributed by atoms with E-state index in [0.29, 0.717) is 41.5 Å². The Labute approximate surface area is 218 Å². The zero-order chi connectivity index (χ0) is 26.3. The Bertz CT molecular complexity index is 1290. The van der Waals surface area contributed by atoms with Crippen LogP contribution in [0.5, 0.6) is 23.0 Å². The van der Waals surface area contributed by atoms with Crippen molar-refractivity contribution < 1.29 is 27.4 Å². The molecule has 3 aromatic rings. The van der Waals surface area contributed by atoms with Crippen LogP contribution < -0.4 is 19.5 Å². The fourth-order valence-electron chi connectivity index (χ4n) is 4.46. The summed E-state index contributed by atoms with van der Waals surface area (Å²) in [6.07, 6.45) is 4.33. The maximum Gasteiger partial charge on any atom is 0.243 e. The van der Waals surface area contributed by atoms with E-state index in [1.165, 1.54) is 30.7 Å². The van der Waals surface area contributed by atoms with Crippen LogP contribution >= 0.6 is 0 Å². The summed E-state index contributed by atoms with van der Waals surface area (Å²) in [7, 11) is -1.02. The molecule has 0 unspecified atom stereocenters. The number of benzene rings is 3. The molecule has 0 aliphatic heterocycles. The number of hydrogen-bond acceptors (Lipinski definition) is 6. The Balaban J connectivity index is 1.50. The summed E-state index contributed by atoms with van der Waals surface area (Å²) in [5.41, 5.74) is 0.553. The van der Waals surface area contributed by atoms with Gasteiger partial charge in [-0.15, -0.1) is 0 Å². The summed E-state index contributed by atoms with van der Waals surface area (Å²) in [4.78, 5) is 13.1. The third-order valence-corrected chi connectivity index (χ3v) is 8.25. The molecule has 0 bridgehead atoms. The minimum absolute atomic E-state index is 0.0611. The van der Waals surface area contributed by atoms with Crippen LogP contribution in [-0.4, -0.2) is 45.4 Å². The molecule has 4 rings (SSSR count). The van der Waals surface area contributed by atoms with Crippen LogP contribution in [0, 0.1) is 0 Å². The van der Waals surface area contributed by atoms with Gasteiger partial charge in [-0.3, -0.25) is 4.79 Å². The summed E-state index contributed by atoms with van der Waals surface area (Å²) < 4.78 is 45.2. The molecule has 0 aromatic heterocycles. The Morgan fingerprint density at radius 3 is 2.16 bits per heavy atom. The quantitative estimate of drug-likeness (QED) is 0.379. The maximum atomic E-state index is 13.7. The second-order valence-corrected chi connectivity index (χ2v) is 10.7. The van der Waals surface area contributed by atoms with Gasteiger partial charge < -0.3 is 19.5 Å². The molecule has 0 atom stereocenters. The topological polar surface area (TPSA) is 94.2 Å². The zero-order valence-electron chi connectivity index (χ0n) is 21.1. The first-order chi connectivity index (χ1) is 17.9. The average molecular weight is 525 g/mol. The number of para-hydroxylation sites is 1. The normalized spacial score (nSPS) is 14.2. The predicted octanol–water partition coefficient (Wildman–Crippen LogP) is 5.46. The second kappa shape index (κ2) is 12.1. The van der Waals surface area contributed by atoms with Crippen molar-refractivity contribution in [2.45, 2.75) is 43.0 Å². The van der Waals surface area contributed by atoms with Gasteiger partial charge in [0.05, 0.1) is 25.7 Å². The lowest BCUT2D eigenvalue weighted by Gasteiger charge is -2.33. The molecule has 196 valence electrons. The summed E-state index contributed by atoms with van der Waals surface area (Å²) in [6.45, 7) is -0.288. The smallest absolute Gasteiger partial charge is 0.243 e. The Kier molecular flexibility index (Phi) is 8.68. The molecule has 0 heterocycles. The van der Waals surface area contributed by atoms with Crippen LogP contribution in [0.1, 0.15) is 32.1 Å². The molecule has 0 spiro atoms. The van der Waals surface area contributed by atoms with E-state index < -0.39 is 15.9 Å². The predicted molar refractivity (Wildman–Crippen MR) is 142 cm³/mol. The van der Waals surface area contributed by atoms with Crippen molar-refractivity contribution in [1.82, 2.24) is 4.31 Å². The van der Waals surface area contributed by atoms with Crippen LogP contribution in [-0.2, 0) is 14.8 Å². The lowest BCUT2D eigenvalue weighted by Crippen LogP contribution is -2.45. The molecule has 1 fully saturated rings. The van der Waals surface area contributed by atoms with Crippen LogP contribution in [0.3, 0.4) is 0 Å². The van der Waals surface area contributed by atoms with Crippen molar-refractivity contribution in [3.05, 3.63) is 72.8 Å². The molecule has 1 saturated carbocycles. The molecule has 1 N–H and O–H groups in total. The van der Waals surface area contributed by atoms with Crippen molar-refractivity contribution in [3.8, 4) is 23.0 Å². The SMILES string of the molecule is COc1ccc(S(=O)(=O)N(CC(=O)Nc2ccc(Oc3ccccc3)cc2)C2CCCCC2)cc1OC. The number of carbonyl (C=O) groups excluding carboxylic acids is 1. The molecule has 3 aromatic carbocycles. The van der Waals surface area contributed by atoms with Gasteiger partial charge in [-0.1, -0.05) is 37.5 Å². The minimum Gasteiger partial charge on any atom is -0.493 e. The maximum absolute atomic E-state index is 13.7. The number of carbonyl (C=O) groups is 1. The molecule has 8 nitrogen and oxygen atoms in total.